The molecule has 0 radical (unpaired) electrons. The summed E-state index contributed by atoms with van der Waals surface area (Å²) in [6.45, 7) is 0.322. The summed E-state index contributed by atoms with van der Waals surface area (Å²) in [7, 11) is -2.01. The minimum atomic E-state index is -3.41. The van der Waals surface area contributed by atoms with E-state index in [1.165, 1.54) is 39.2 Å². The second kappa shape index (κ2) is 6.56. The lowest BCUT2D eigenvalue weighted by Gasteiger charge is -2.25. The van der Waals surface area contributed by atoms with Gasteiger partial charge in [-0.2, -0.15) is 0 Å². The fourth-order valence-corrected chi connectivity index (χ4v) is 3.41. The summed E-state index contributed by atoms with van der Waals surface area (Å²) in [5.74, 6) is 0. The van der Waals surface area contributed by atoms with Crippen LogP contribution in [0, 0.1) is 0 Å². The van der Waals surface area contributed by atoms with Gasteiger partial charge in [-0.25, -0.2) is 13.1 Å². The van der Waals surface area contributed by atoms with Gasteiger partial charge in [0.1, 0.15) is 0 Å². The predicted molar refractivity (Wildman–Crippen MR) is 81.1 cm³/mol. The second-order valence-corrected chi connectivity index (χ2v) is 7.10. The van der Waals surface area contributed by atoms with Crippen LogP contribution in [0.4, 0.5) is 5.69 Å². The van der Waals surface area contributed by atoms with Crippen LogP contribution in [-0.2, 0) is 16.6 Å². The van der Waals surface area contributed by atoms with E-state index >= 15 is 0 Å². The van der Waals surface area contributed by atoms with Crippen molar-refractivity contribution in [3.8, 4) is 0 Å². The predicted octanol–water partition coefficient (Wildman–Crippen LogP) is 1.80. The number of rotatable bonds is 5. The molecular weight excluding hydrogens is 274 g/mol. The van der Waals surface area contributed by atoms with Crippen LogP contribution < -0.4 is 15.8 Å². The summed E-state index contributed by atoms with van der Waals surface area (Å²) in [6, 6.07) is 5.56. The third-order valence-corrected chi connectivity index (χ3v) is 5.25. The van der Waals surface area contributed by atoms with Crippen molar-refractivity contribution in [1.82, 2.24) is 4.72 Å². The lowest BCUT2D eigenvalue weighted by atomic mass is 9.95. The molecule has 0 spiro atoms. The summed E-state index contributed by atoms with van der Waals surface area (Å²) >= 11 is 0. The zero-order valence-corrected chi connectivity index (χ0v) is 12.7. The van der Waals surface area contributed by atoms with E-state index in [9.17, 15) is 8.42 Å². The zero-order chi connectivity index (χ0) is 14.6. The highest BCUT2D eigenvalue weighted by Gasteiger charge is 2.17. The van der Waals surface area contributed by atoms with Gasteiger partial charge >= 0.3 is 0 Å². The van der Waals surface area contributed by atoms with Crippen molar-refractivity contribution in [1.29, 1.82) is 0 Å². The highest BCUT2D eigenvalue weighted by Crippen LogP contribution is 2.25. The molecule has 1 aliphatic carbocycles. The number of anilines is 1. The molecule has 112 valence electrons. The number of benzene rings is 1. The van der Waals surface area contributed by atoms with Crippen LogP contribution in [0.15, 0.2) is 23.1 Å². The van der Waals surface area contributed by atoms with Crippen LogP contribution in [0.25, 0.3) is 0 Å². The molecule has 0 heterocycles. The Labute approximate surface area is 121 Å². The molecule has 0 aliphatic heterocycles. The van der Waals surface area contributed by atoms with Crippen molar-refractivity contribution < 1.29 is 8.42 Å². The molecule has 6 heteroatoms. The van der Waals surface area contributed by atoms with Crippen molar-refractivity contribution in [2.75, 3.05) is 12.4 Å². The van der Waals surface area contributed by atoms with Crippen LogP contribution >= 0.6 is 0 Å². The lowest BCUT2D eigenvalue weighted by molar-refractivity contribution is 0.462. The Kier molecular flexibility index (Phi) is 5.01. The average Bonchev–Trinajstić information content (AvgIpc) is 2.48. The van der Waals surface area contributed by atoms with Crippen LogP contribution in [-0.4, -0.2) is 21.5 Å². The fraction of sp³-hybridized carbons (Fsp3) is 0.571. The quantitative estimate of drug-likeness (QED) is 0.773. The summed E-state index contributed by atoms with van der Waals surface area (Å²) in [5.41, 5.74) is 7.55. The van der Waals surface area contributed by atoms with Gasteiger partial charge in [-0.05, 0) is 43.7 Å². The molecule has 0 unspecified atom stereocenters. The van der Waals surface area contributed by atoms with Crippen molar-refractivity contribution >= 4 is 15.7 Å². The smallest absolute Gasteiger partial charge is 0.240 e. The van der Waals surface area contributed by atoms with E-state index in [1.54, 1.807) is 12.1 Å². The molecule has 2 rings (SSSR count). The monoisotopic (exact) mass is 297 g/mol. The van der Waals surface area contributed by atoms with E-state index in [2.05, 4.69) is 10.0 Å². The molecule has 4 N–H and O–H groups in total. The van der Waals surface area contributed by atoms with Gasteiger partial charge in [0.15, 0.2) is 0 Å². The van der Waals surface area contributed by atoms with Crippen LogP contribution in [0.1, 0.15) is 37.7 Å². The number of nitrogens with two attached hydrogens (primary N) is 1. The molecule has 1 aromatic rings. The van der Waals surface area contributed by atoms with Gasteiger partial charge in [-0.15, -0.1) is 0 Å². The van der Waals surface area contributed by atoms with Gasteiger partial charge in [0, 0.05) is 18.3 Å². The normalized spacial score (nSPS) is 17.1. The maximum absolute atomic E-state index is 11.8. The molecular formula is C14H23N3O2S. The van der Waals surface area contributed by atoms with Crippen molar-refractivity contribution in [3.63, 3.8) is 0 Å². The summed E-state index contributed by atoms with van der Waals surface area (Å²) in [6.07, 6.45) is 6.14. The maximum atomic E-state index is 11.8. The third kappa shape index (κ3) is 3.50. The Bertz CT molecular complexity index is 552. The first kappa shape index (κ1) is 15.3. The first-order valence-electron chi connectivity index (χ1n) is 7.10. The number of hydrogen-bond donors (Lipinski definition) is 3. The molecule has 1 saturated carbocycles. The maximum Gasteiger partial charge on any atom is 0.240 e. The van der Waals surface area contributed by atoms with Gasteiger partial charge in [0.05, 0.1) is 4.90 Å². The fourth-order valence-electron chi connectivity index (χ4n) is 2.63. The van der Waals surface area contributed by atoms with Gasteiger partial charge < -0.3 is 11.1 Å². The SMILES string of the molecule is CNS(=O)(=O)c1ccc(NC2CCCCC2)c(CN)c1. The van der Waals surface area contributed by atoms with Crippen LogP contribution in [0.2, 0.25) is 0 Å². The van der Waals surface area contributed by atoms with E-state index in [0.29, 0.717) is 12.6 Å². The topological polar surface area (TPSA) is 84.2 Å². The third-order valence-electron chi connectivity index (χ3n) is 3.84. The Morgan fingerprint density at radius 1 is 1.25 bits per heavy atom. The number of hydrogen-bond acceptors (Lipinski definition) is 4. The minimum Gasteiger partial charge on any atom is -0.382 e. The Balaban J connectivity index is 2.21. The first-order chi connectivity index (χ1) is 9.56. The zero-order valence-electron chi connectivity index (χ0n) is 11.9. The van der Waals surface area contributed by atoms with E-state index in [4.69, 9.17) is 5.73 Å². The summed E-state index contributed by atoms with van der Waals surface area (Å²) in [5, 5.41) is 3.50. The highest BCUT2D eigenvalue weighted by atomic mass is 32.2. The molecule has 0 amide bonds. The summed E-state index contributed by atoms with van der Waals surface area (Å²) < 4.78 is 25.9. The summed E-state index contributed by atoms with van der Waals surface area (Å²) in [4.78, 5) is 0.259. The van der Waals surface area contributed by atoms with Crippen molar-refractivity contribution in [2.45, 2.75) is 49.6 Å². The Hall–Kier alpha value is -1.11. The molecule has 0 atom stereocenters. The molecule has 20 heavy (non-hydrogen) atoms. The number of nitrogens with one attached hydrogen (secondary N) is 2. The molecule has 0 aromatic heterocycles. The Morgan fingerprint density at radius 2 is 1.95 bits per heavy atom. The molecule has 1 aromatic carbocycles. The largest absolute Gasteiger partial charge is 0.382 e. The molecule has 0 saturated heterocycles. The van der Waals surface area contributed by atoms with Gasteiger partial charge in [-0.3, -0.25) is 0 Å². The van der Waals surface area contributed by atoms with Crippen molar-refractivity contribution in [3.05, 3.63) is 23.8 Å². The molecule has 0 bridgehead atoms. The Morgan fingerprint density at radius 3 is 2.55 bits per heavy atom. The standard InChI is InChI=1S/C14H23N3O2S/c1-16-20(18,19)13-7-8-14(11(9-13)10-15)17-12-5-3-2-4-6-12/h7-9,12,16-17H,2-6,10,15H2,1H3. The van der Waals surface area contributed by atoms with E-state index in [-0.39, 0.29) is 4.90 Å². The average molecular weight is 297 g/mol. The molecule has 1 fully saturated rings. The van der Waals surface area contributed by atoms with Gasteiger partial charge in [0.2, 0.25) is 10.0 Å². The lowest BCUT2D eigenvalue weighted by Crippen LogP contribution is -2.24. The highest BCUT2D eigenvalue weighted by molar-refractivity contribution is 7.89. The van der Waals surface area contributed by atoms with E-state index in [1.807, 2.05) is 6.07 Å². The van der Waals surface area contributed by atoms with E-state index in [0.717, 1.165) is 11.3 Å². The van der Waals surface area contributed by atoms with Gasteiger partial charge in [-0.1, -0.05) is 19.3 Å². The van der Waals surface area contributed by atoms with Gasteiger partial charge in [0.25, 0.3) is 0 Å². The van der Waals surface area contributed by atoms with Crippen LogP contribution in [0.3, 0.4) is 0 Å². The van der Waals surface area contributed by atoms with Crippen LogP contribution in [0.5, 0.6) is 0 Å². The van der Waals surface area contributed by atoms with E-state index < -0.39 is 10.0 Å². The van der Waals surface area contributed by atoms with Crippen molar-refractivity contribution in [2.24, 2.45) is 5.73 Å². The second-order valence-electron chi connectivity index (χ2n) is 5.21. The first-order valence-corrected chi connectivity index (χ1v) is 8.58. The molecule has 5 nitrogen and oxygen atoms in total. The number of sulfonamides is 1. The molecule has 1 aliphatic rings. The minimum absolute atomic E-state index is 0.259.